The third-order valence-electron chi connectivity index (χ3n) is 3.98. The molecule has 0 saturated carbocycles. The maximum absolute atomic E-state index is 4.24. The number of nitrogens with zero attached hydrogens (tertiary/aromatic N) is 3. The Bertz CT molecular complexity index is 330. The van der Waals surface area contributed by atoms with Gasteiger partial charge in [0.2, 0.25) is 0 Å². The van der Waals surface area contributed by atoms with Crippen LogP contribution in [0.25, 0.3) is 0 Å². The smallest absolute Gasteiger partial charge is 0.158 e. The SMILES string of the molecule is CC[Si]1(CC)CCCN1c1cncn1C. The normalized spacial score (nSPS) is 19.8. The van der Waals surface area contributed by atoms with E-state index in [9.17, 15) is 0 Å². The molecule has 1 aromatic rings. The van der Waals surface area contributed by atoms with Crippen molar-refractivity contribution in [2.24, 2.45) is 7.05 Å². The lowest BCUT2D eigenvalue weighted by atomic mass is 10.5. The number of anilines is 1. The van der Waals surface area contributed by atoms with Gasteiger partial charge in [-0.2, -0.15) is 0 Å². The van der Waals surface area contributed by atoms with Crippen molar-refractivity contribution >= 4 is 14.1 Å². The van der Waals surface area contributed by atoms with E-state index in [0.29, 0.717) is 0 Å². The van der Waals surface area contributed by atoms with Gasteiger partial charge in [-0.05, 0) is 24.6 Å². The molecule has 4 heteroatoms. The van der Waals surface area contributed by atoms with Gasteiger partial charge in [-0.1, -0.05) is 13.8 Å². The number of hydrogen-bond acceptors (Lipinski definition) is 2. The summed E-state index contributed by atoms with van der Waals surface area (Å²) < 4.78 is 4.86. The molecule has 2 rings (SSSR count). The molecular formula is C11H21N3Si. The molecule has 15 heavy (non-hydrogen) atoms. The molecule has 0 aliphatic carbocycles. The van der Waals surface area contributed by atoms with E-state index < -0.39 is 8.24 Å². The Morgan fingerprint density at radius 2 is 2.13 bits per heavy atom. The quantitative estimate of drug-likeness (QED) is 0.735. The van der Waals surface area contributed by atoms with Gasteiger partial charge >= 0.3 is 0 Å². The van der Waals surface area contributed by atoms with Crippen LogP contribution in [0.15, 0.2) is 12.5 Å². The Balaban J connectivity index is 2.32. The number of hydrogen-bond donors (Lipinski definition) is 0. The van der Waals surface area contributed by atoms with Crippen molar-refractivity contribution in [1.82, 2.24) is 9.55 Å². The van der Waals surface area contributed by atoms with Gasteiger partial charge in [0.1, 0.15) is 5.82 Å². The lowest BCUT2D eigenvalue weighted by Gasteiger charge is -2.36. The molecule has 0 bridgehead atoms. The predicted molar refractivity (Wildman–Crippen MR) is 66.7 cm³/mol. The fourth-order valence-electron chi connectivity index (χ4n) is 2.89. The standard InChI is InChI=1S/C11H21N3Si/c1-4-15(5-2)8-6-7-14(15)11-9-12-10-13(11)3/h9-10H,4-8H2,1-3H3. The maximum Gasteiger partial charge on any atom is 0.158 e. The molecule has 0 aromatic carbocycles. The van der Waals surface area contributed by atoms with Crippen LogP contribution in [0.4, 0.5) is 5.82 Å². The van der Waals surface area contributed by atoms with Crippen LogP contribution in [0.3, 0.4) is 0 Å². The second-order valence-electron chi connectivity index (χ2n) is 4.55. The van der Waals surface area contributed by atoms with Crippen LogP contribution in [0, 0.1) is 0 Å². The van der Waals surface area contributed by atoms with Gasteiger partial charge in [-0.15, -0.1) is 0 Å². The highest BCUT2D eigenvalue weighted by atomic mass is 28.3. The molecule has 3 nitrogen and oxygen atoms in total. The first-order chi connectivity index (χ1) is 7.23. The fourth-order valence-corrected chi connectivity index (χ4v) is 7.28. The first-order valence-electron chi connectivity index (χ1n) is 5.97. The molecule has 0 radical (unpaired) electrons. The van der Waals surface area contributed by atoms with Crippen molar-refractivity contribution in [3.63, 3.8) is 0 Å². The summed E-state index contributed by atoms with van der Waals surface area (Å²) in [6, 6.07) is 4.20. The van der Waals surface area contributed by atoms with Crippen molar-refractivity contribution in [2.75, 3.05) is 11.1 Å². The Kier molecular flexibility index (Phi) is 2.86. The van der Waals surface area contributed by atoms with E-state index in [4.69, 9.17) is 0 Å². The first kappa shape index (κ1) is 10.7. The zero-order valence-electron chi connectivity index (χ0n) is 10.0. The summed E-state index contributed by atoms with van der Waals surface area (Å²) in [5, 5.41) is 0. The first-order valence-corrected chi connectivity index (χ1v) is 8.54. The molecule has 1 saturated heterocycles. The summed E-state index contributed by atoms with van der Waals surface area (Å²) in [6.07, 6.45) is 5.32. The molecule has 1 aliphatic rings. The largest absolute Gasteiger partial charge is 0.383 e. The van der Waals surface area contributed by atoms with Crippen molar-refractivity contribution in [3.8, 4) is 0 Å². The van der Waals surface area contributed by atoms with E-state index in [1.807, 2.05) is 12.5 Å². The summed E-state index contributed by atoms with van der Waals surface area (Å²) >= 11 is 0. The number of imidazole rings is 1. The van der Waals surface area contributed by atoms with Crippen molar-refractivity contribution in [3.05, 3.63) is 12.5 Å². The number of rotatable bonds is 3. The Hall–Kier alpha value is -0.773. The Labute approximate surface area is 93.2 Å². The Morgan fingerprint density at radius 3 is 2.67 bits per heavy atom. The summed E-state index contributed by atoms with van der Waals surface area (Å²) in [4.78, 5) is 4.24. The van der Waals surface area contributed by atoms with Gasteiger partial charge in [0, 0.05) is 13.6 Å². The molecule has 0 N–H and O–H groups in total. The molecule has 0 unspecified atom stereocenters. The van der Waals surface area contributed by atoms with Gasteiger partial charge in [0.25, 0.3) is 0 Å². The van der Waals surface area contributed by atoms with E-state index in [0.717, 1.165) is 0 Å². The number of aryl methyl sites for hydroxylation is 1. The van der Waals surface area contributed by atoms with Crippen LogP contribution < -0.4 is 4.57 Å². The molecule has 1 aliphatic heterocycles. The van der Waals surface area contributed by atoms with Crippen LogP contribution in [-0.2, 0) is 7.05 Å². The Morgan fingerprint density at radius 1 is 1.40 bits per heavy atom. The minimum atomic E-state index is -1.17. The van der Waals surface area contributed by atoms with Crippen LogP contribution >= 0.6 is 0 Å². The highest BCUT2D eigenvalue weighted by Gasteiger charge is 2.41. The highest BCUT2D eigenvalue weighted by molar-refractivity contribution is 6.83. The highest BCUT2D eigenvalue weighted by Crippen LogP contribution is 2.36. The van der Waals surface area contributed by atoms with Gasteiger partial charge in [-0.25, -0.2) is 4.98 Å². The maximum atomic E-state index is 4.24. The van der Waals surface area contributed by atoms with E-state index in [-0.39, 0.29) is 0 Å². The van der Waals surface area contributed by atoms with E-state index >= 15 is 0 Å². The third-order valence-corrected chi connectivity index (χ3v) is 9.50. The summed E-state index contributed by atoms with van der Waals surface area (Å²) in [5.74, 6) is 1.34. The van der Waals surface area contributed by atoms with Crippen molar-refractivity contribution in [2.45, 2.75) is 38.4 Å². The molecule has 0 atom stereocenters. The van der Waals surface area contributed by atoms with Gasteiger partial charge in [0.15, 0.2) is 8.24 Å². The topological polar surface area (TPSA) is 21.1 Å². The molecule has 0 amide bonds. The molecule has 2 heterocycles. The van der Waals surface area contributed by atoms with Crippen LogP contribution in [-0.4, -0.2) is 24.3 Å². The summed E-state index contributed by atoms with van der Waals surface area (Å²) in [7, 11) is 0.929. The second-order valence-corrected chi connectivity index (χ2v) is 9.45. The van der Waals surface area contributed by atoms with Gasteiger partial charge < -0.3 is 9.13 Å². The molecule has 0 spiro atoms. The van der Waals surface area contributed by atoms with E-state index in [1.165, 1.54) is 36.9 Å². The zero-order chi connectivity index (χ0) is 10.9. The molecule has 1 aromatic heterocycles. The van der Waals surface area contributed by atoms with Crippen molar-refractivity contribution < 1.29 is 0 Å². The lowest BCUT2D eigenvalue weighted by molar-refractivity contribution is 0.868. The van der Waals surface area contributed by atoms with Crippen LogP contribution in [0.2, 0.25) is 18.1 Å². The summed E-state index contributed by atoms with van der Waals surface area (Å²) in [5.41, 5.74) is 0. The predicted octanol–water partition coefficient (Wildman–Crippen LogP) is 2.62. The monoisotopic (exact) mass is 223 g/mol. The average Bonchev–Trinajstić information content (AvgIpc) is 2.83. The van der Waals surface area contributed by atoms with E-state index in [1.54, 1.807) is 0 Å². The molecule has 84 valence electrons. The van der Waals surface area contributed by atoms with Crippen LogP contribution in [0.1, 0.15) is 20.3 Å². The lowest BCUT2D eigenvalue weighted by Crippen LogP contribution is -2.48. The fraction of sp³-hybridized carbons (Fsp3) is 0.727. The van der Waals surface area contributed by atoms with Crippen molar-refractivity contribution in [1.29, 1.82) is 0 Å². The molecule has 1 fully saturated rings. The second kappa shape index (κ2) is 4.00. The minimum absolute atomic E-state index is 1.17. The van der Waals surface area contributed by atoms with Gasteiger partial charge in [-0.3, -0.25) is 0 Å². The van der Waals surface area contributed by atoms with Gasteiger partial charge in [0.05, 0.1) is 12.5 Å². The third kappa shape index (κ3) is 1.61. The average molecular weight is 223 g/mol. The zero-order valence-corrected chi connectivity index (χ0v) is 11.0. The van der Waals surface area contributed by atoms with E-state index in [2.05, 4.69) is 35.0 Å². The number of aromatic nitrogens is 2. The minimum Gasteiger partial charge on any atom is -0.383 e. The molecular weight excluding hydrogens is 202 g/mol. The summed E-state index contributed by atoms with van der Waals surface area (Å²) in [6.45, 7) is 5.97. The van der Waals surface area contributed by atoms with Crippen LogP contribution in [0.5, 0.6) is 0 Å².